The molecule has 0 bridgehead atoms. The van der Waals surface area contributed by atoms with E-state index in [4.69, 9.17) is 0 Å². The lowest BCUT2D eigenvalue weighted by Crippen LogP contribution is -2.05. The molecular weight excluding hydrogens is 216 g/mol. The van der Waals surface area contributed by atoms with Crippen molar-refractivity contribution in [3.63, 3.8) is 0 Å². The maximum atomic E-state index is 9.25. The summed E-state index contributed by atoms with van der Waals surface area (Å²) in [5.41, 5.74) is 1.12. The fraction of sp³-hybridized carbons (Fsp3) is 0.200. The first kappa shape index (κ1) is 9.49. The molecule has 0 aromatic heterocycles. The van der Waals surface area contributed by atoms with Crippen molar-refractivity contribution >= 4 is 15.9 Å². The molecule has 2 heteroatoms. The number of hydrogen-bond acceptors (Lipinski definition) is 1. The van der Waals surface area contributed by atoms with Gasteiger partial charge in [0, 0.05) is 10.9 Å². The molecule has 0 spiro atoms. The summed E-state index contributed by atoms with van der Waals surface area (Å²) in [4.78, 5) is 0. The molecule has 0 saturated heterocycles. The molecule has 64 valence electrons. The predicted molar refractivity (Wildman–Crippen MR) is 54.0 cm³/mol. The zero-order valence-corrected chi connectivity index (χ0v) is 8.29. The molecule has 0 amide bonds. The van der Waals surface area contributed by atoms with Crippen LogP contribution in [0.5, 0.6) is 0 Å². The van der Waals surface area contributed by atoms with Gasteiger partial charge in [-0.15, -0.1) is 6.58 Å². The minimum Gasteiger partial charge on any atom is -0.389 e. The van der Waals surface area contributed by atoms with Crippen molar-refractivity contribution < 1.29 is 5.11 Å². The summed E-state index contributed by atoms with van der Waals surface area (Å²) >= 11 is 3.35. The molecule has 0 fully saturated rings. The van der Waals surface area contributed by atoms with Crippen molar-refractivity contribution in [2.45, 2.75) is 12.5 Å². The van der Waals surface area contributed by atoms with Gasteiger partial charge >= 0.3 is 0 Å². The maximum Gasteiger partial charge on any atom is 0.0758 e. The third kappa shape index (κ3) is 2.80. The maximum absolute atomic E-state index is 9.25. The highest BCUT2D eigenvalue weighted by Crippen LogP contribution is 2.11. The van der Waals surface area contributed by atoms with Crippen molar-refractivity contribution in [3.05, 3.63) is 47.0 Å². The molecule has 1 nitrogen and oxygen atoms in total. The van der Waals surface area contributed by atoms with E-state index in [1.165, 1.54) is 0 Å². The lowest BCUT2D eigenvalue weighted by atomic mass is 10.1. The standard InChI is InChI=1S/C10H11BrO/c1-2-10(12)7-8-3-5-9(11)6-4-8/h2-6,10,12H,1,7H2. The lowest BCUT2D eigenvalue weighted by Gasteiger charge is -2.04. The summed E-state index contributed by atoms with van der Waals surface area (Å²) in [5.74, 6) is 0. The molecule has 12 heavy (non-hydrogen) atoms. The number of benzene rings is 1. The van der Waals surface area contributed by atoms with Crippen LogP contribution in [0.1, 0.15) is 5.56 Å². The van der Waals surface area contributed by atoms with E-state index in [-0.39, 0.29) is 0 Å². The zero-order valence-electron chi connectivity index (χ0n) is 6.70. The van der Waals surface area contributed by atoms with Gasteiger partial charge < -0.3 is 5.11 Å². The second-order valence-electron chi connectivity index (χ2n) is 2.63. The first-order valence-electron chi connectivity index (χ1n) is 3.77. The Bertz CT molecular complexity index is 253. The van der Waals surface area contributed by atoms with Gasteiger partial charge in [0.05, 0.1) is 6.10 Å². The largest absolute Gasteiger partial charge is 0.389 e. The normalized spacial score (nSPS) is 12.5. The Morgan fingerprint density at radius 3 is 2.50 bits per heavy atom. The highest BCUT2D eigenvalue weighted by molar-refractivity contribution is 9.10. The molecule has 0 saturated carbocycles. The van der Waals surface area contributed by atoms with Crippen LogP contribution >= 0.6 is 15.9 Å². The summed E-state index contributed by atoms with van der Waals surface area (Å²) in [7, 11) is 0. The summed E-state index contributed by atoms with van der Waals surface area (Å²) in [5, 5.41) is 9.25. The molecule has 0 heterocycles. The number of aliphatic hydroxyl groups excluding tert-OH is 1. The highest BCUT2D eigenvalue weighted by Gasteiger charge is 1.99. The van der Waals surface area contributed by atoms with Crippen LogP contribution in [0.2, 0.25) is 0 Å². The van der Waals surface area contributed by atoms with E-state index < -0.39 is 6.10 Å². The van der Waals surface area contributed by atoms with E-state index in [0.29, 0.717) is 6.42 Å². The van der Waals surface area contributed by atoms with Crippen molar-refractivity contribution in [3.8, 4) is 0 Å². The Kier molecular flexibility index (Phi) is 3.50. The minimum absolute atomic E-state index is 0.439. The van der Waals surface area contributed by atoms with Crippen LogP contribution in [0.15, 0.2) is 41.4 Å². The average Bonchev–Trinajstić information content (AvgIpc) is 2.09. The van der Waals surface area contributed by atoms with Crippen LogP contribution in [0, 0.1) is 0 Å². The average molecular weight is 227 g/mol. The van der Waals surface area contributed by atoms with Crippen LogP contribution in [-0.4, -0.2) is 11.2 Å². The third-order valence-corrected chi connectivity index (χ3v) is 2.16. The van der Waals surface area contributed by atoms with Gasteiger partial charge in [-0.25, -0.2) is 0 Å². The zero-order chi connectivity index (χ0) is 8.97. The van der Waals surface area contributed by atoms with Crippen LogP contribution in [0.25, 0.3) is 0 Å². The predicted octanol–water partition coefficient (Wildman–Crippen LogP) is 2.54. The molecule has 1 aromatic carbocycles. The van der Waals surface area contributed by atoms with Crippen LogP contribution < -0.4 is 0 Å². The Morgan fingerprint density at radius 1 is 1.42 bits per heavy atom. The van der Waals surface area contributed by atoms with Gasteiger partial charge in [0.2, 0.25) is 0 Å². The molecule has 1 unspecified atom stereocenters. The van der Waals surface area contributed by atoms with Crippen molar-refractivity contribution in [1.29, 1.82) is 0 Å². The molecule has 1 aromatic rings. The quantitative estimate of drug-likeness (QED) is 0.786. The van der Waals surface area contributed by atoms with Gasteiger partial charge in [0.25, 0.3) is 0 Å². The molecule has 0 aliphatic carbocycles. The summed E-state index contributed by atoms with van der Waals surface area (Å²) < 4.78 is 1.05. The van der Waals surface area contributed by atoms with Gasteiger partial charge in [0.15, 0.2) is 0 Å². The third-order valence-electron chi connectivity index (χ3n) is 1.63. The Balaban J connectivity index is 2.64. The molecule has 0 aliphatic rings. The SMILES string of the molecule is C=CC(O)Cc1ccc(Br)cc1. The topological polar surface area (TPSA) is 20.2 Å². The fourth-order valence-corrected chi connectivity index (χ4v) is 1.21. The number of hydrogen-bond donors (Lipinski definition) is 1. The van der Waals surface area contributed by atoms with E-state index >= 15 is 0 Å². The number of aliphatic hydroxyl groups is 1. The van der Waals surface area contributed by atoms with Gasteiger partial charge in [0.1, 0.15) is 0 Å². The first-order valence-corrected chi connectivity index (χ1v) is 4.56. The molecule has 1 N–H and O–H groups in total. The first-order chi connectivity index (χ1) is 5.72. The highest BCUT2D eigenvalue weighted by atomic mass is 79.9. The smallest absolute Gasteiger partial charge is 0.0758 e. The van der Waals surface area contributed by atoms with Crippen LogP contribution in [0.4, 0.5) is 0 Å². The molecule has 1 rings (SSSR count). The number of rotatable bonds is 3. The summed E-state index contributed by atoms with van der Waals surface area (Å²) in [6.07, 6.45) is 1.74. The van der Waals surface area contributed by atoms with Crippen molar-refractivity contribution in [2.75, 3.05) is 0 Å². The van der Waals surface area contributed by atoms with E-state index in [2.05, 4.69) is 22.5 Å². The molecule has 0 aliphatic heterocycles. The van der Waals surface area contributed by atoms with Gasteiger partial charge in [-0.1, -0.05) is 34.1 Å². The Morgan fingerprint density at radius 2 is 2.00 bits per heavy atom. The molecular formula is C10H11BrO. The Labute approximate surface area is 80.9 Å². The van der Waals surface area contributed by atoms with E-state index in [1.807, 2.05) is 24.3 Å². The van der Waals surface area contributed by atoms with Gasteiger partial charge in [-0.3, -0.25) is 0 Å². The van der Waals surface area contributed by atoms with E-state index in [1.54, 1.807) is 6.08 Å². The van der Waals surface area contributed by atoms with Crippen LogP contribution in [-0.2, 0) is 6.42 Å². The van der Waals surface area contributed by atoms with Crippen LogP contribution in [0.3, 0.4) is 0 Å². The summed E-state index contributed by atoms with van der Waals surface area (Å²) in [6, 6.07) is 7.89. The summed E-state index contributed by atoms with van der Waals surface area (Å²) in [6.45, 7) is 3.52. The monoisotopic (exact) mass is 226 g/mol. The molecule has 0 radical (unpaired) electrons. The Hall–Kier alpha value is -0.600. The van der Waals surface area contributed by atoms with Crippen molar-refractivity contribution in [2.24, 2.45) is 0 Å². The van der Waals surface area contributed by atoms with Crippen molar-refractivity contribution in [1.82, 2.24) is 0 Å². The second-order valence-corrected chi connectivity index (χ2v) is 3.55. The fourth-order valence-electron chi connectivity index (χ4n) is 0.945. The second kappa shape index (κ2) is 4.43. The molecule has 1 atom stereocenters. The van der Waals surface area contributed by atoms with Gasteiger partial charge in [-0.2, -0.15) is 0 Å². The van der Waals surface area contributed by atoms with E-state index in [0.717, 1.165) is 10.0 Å². The van der Waals surface area contributed by atoms with E-state index in [9.17, 15) is 5.11 Å². The minimum atomic E-state index is -0.439. The lowest BCUT2D eigenvalue weighted by molar-refractivity contribution is 0.224. The number of halogens is 1. The van der Waals surface area contributed by atoms with Gasteiger partial charge in [-0.05, 0) is 17.7 Å².